The van der Waals surface area contributed by atoms with Crippen molar-refractivity contribution in [2.24, 2.45) is 5.16 Å². The molecule has 1 saturated heterocycles. The molecule has 0 atom stereocenters. The van der Waals surface area contributed by atoms with Crippen LogP contribution < -0.4 is 0 Å². The molecular weight excluding hydrogens is 311 g/mol. The largest absolute Gasteiger partial charge is 0.295 e. The van der Waals surface area contributed by atoms with Crippen LogP contribution in [0.4, 0.5) is 0 Å². The van der Waals surface area contributed by atoms with E-state index in [1.54, 1.807) is 0 Å². The molecule has 21 heavy (non-hydrogen) atoms. The number of oxime groups is 1. The smallest absolute Gasteiger partial charge is 0.215 e. The Balaban J connectivity index is 2.21. The number of hydrogen-bond acceptors (Lipinski definition) is 4. The minimum Gasteiger partial charge on any atom is -0.295 e. The van der Waals surface area contributed by atoms with Crippen LogP contribution in [0.2, 0.25) is 0 Å². The van der Waals surface area contributed by atoms with Crippen molar-refractivity contribution in [2.45, 2.75) is 58.0 Å². The maximum Gasteiger partial charge on any atom is 0.215 e. The molecule has 0 spiro atoms. The van der Waals surface area contributed by atoms with Gasteiger partial charge in [-0.15, -0.1) is 5.06 Å². The molecule has 0 unspecified atom stereocenters. The van der Waals surface area contributed by atoms with Gasteiger partial charge in [0.1, 0.15) is 5.71 Å². The summed E-state index contributed by atoms with van der Waals surface area (Å²) in [6, 6.07) is 0. The number of nitrogens with zero attached hydrogens (tertiary/aromatic N) is 2. The number of Topliss-reactive ketones (excluding diaryl/α,β-unsaturated/α-hetero) is 1. The van der Waals surface area contributed by atoms with Crippen LogP contribution in [0, 0.1) is 0 Å². The number of hydrogen-bond donors (Lipinski definition) is 0. The molecule has 6 heteroatoms. The van der Waals surface area contributed by atoms with Crippen LogP contribution in [0.5, 0.6) is 0 Å². The number of piperidine rings is 1. The summed E-state index contributed by atoms with van der Waals surface area (Å²) in [4.78, 5) is 17.2. The Morgan fingerprint density at radius 1 is 1.10 bits per heavy atom. The van der Waals surface area contributed by atoms with Crippen molar-refractivity contribution in [3.05, 3.63) is 22.2 Å². The van der Waals surface area contributed by atoms with Gasteiger partial charge in [0.25, 0.3) is 0 Å². The SMILES string of the molecule is CC1(C)CCCC(C)(C)N1ON=C1C=C(Cl)C(=O)C(Cl)=C1. The Hall–Kier alpha value is -0.840. The lowest BCUT2D eigenvalue weighted by molar-refractivity contribution is -0.281. The number of carbonyl (C=O) groups is 1. The molecule has 0 amide bonds. The van der Waals surface area contributed by atoms with Gasteiger partial charge in [0.15, 0.2) is 0 Å². The van der Waals surface area contributed by atoms with Gasteiger partial charge in [-0.05, 0) is 59.1 Å². The predicted octanol–water partition coefficient (Wildman–Crippen LogP) is 4.15. The second-order valence-corrected chi connectivity index (χ2v) is 7.50. The molecular formula is C15H20Cl2N2O2. The third kappa shape index (κ3) is 3.50. The molecule has 1 heterocycles. The van der Waals surface area contributed by atoms with E-state index < -0.39 is 5.78 Å². The number of halogens is 2. The van der Waals surface area contributed by atoms with Crippen molar-refractivity contribution in [2.75, 3.05) is 0 Å². The van der Waals surface area contributed by atoms with Gasteiger partial charge < -0.3 is 0 Å². The van der Waals surface area contributed by atoms with Crippen molar-refractivity contribution >= 4 is 34.7 Å². The zero-order valence-corrected chi connectivity index (χ0v) is 14.3. The van der Waals surface area contributed by atoms with Crippen molar-refractivity contribution in [3.8, 4) is 0 Å². The van der Waals surface area contributed by atoms with Gasteiger partial charge in [0.2, 0.25) is 5.78 Å². The summed E-state index contributed by atoms with van der Waals surface area (Å²) in [7, 11) is 0. The molecule has 2 rings (SSSR count). The molecule has 0 N–H and O–H groups in total. The highest BCUT2D eigenvalue weighted by Crippen LogP contribution is 2.38. The van der Waals surface area contributed by atoms with Crippen LogP contribution in [0.25, 0.3) is 0 Å². The van der Waals surface area contributed by atoms with E-state index in [9.17, 15) is 4.79 Å². The quantitative estimate of drug-likeness (QED) is 0.564. The topological polar surface area (TPSA) is 41.9 Å². The Bertz CT molecular complexity index is 508. The third-order valence-electron chi connectivity index (χ3n) is 3.89. The van der Waals surface area contributed by atoms with E-state index in [-0.39, 0.29) is 21.1 Å². The molecule has 0 aromatic heterocycles. The van der Waals surface area contributed by atoms with Crippen LogP contribution in [-0.4, -0.2) is 27.6 Å². The maximum absolute atomic E-state index is 11.5. The van der Waals surface area contributed by atoms with Gasteiger partial charge in [-0.3, -0.25) is 9.73 Å². The molecule has 4 nitrogen and oxygen atoms in total. The highest BCUT2D eigenvalue weighted by molar-refractivity contribution is 6.57. The summed E-state index contributed by atoms with van der Waals surface area (Å²) < 4.78 is 0. The lowest BCUT2D eigenvalue weighted by Crippen LogP contribution is -2.57. The molecule has 1 fully saturated rings. The Kier molecular flexibility index (Phi) is 4.52. The van der Waals surface area contributed by atoms with Crippen LogP contribution in [0.1, 0.15) is 47.0 Å². The van der Waals surface area contributed by atoms with Gasteiger partial charge in [-0.1, -0.05) is 28.4 Å². The fraction of sp³-hybridized carbons (Fsp3) is 0.600. The lowest BCUT2D eigenvalue weighted by atomic mass is 9.82. The van der Waals surface area contributed by atoms with E-state index >= 15 is 0 Å². The first kappa shape index (κ1) is 16.5. The number of allylic oxidation sites excluding steroid dienone is 4. The lowest BCUT2D eigenvalue weighted by Gasteiger charge is -2.49. The van der Waals surface area contributed by atoms with Gasteiger partial charge >= 0.3 is 0 Å². The van der Waals surface area contributed by atoms with Crippen molar-refractivity contribution in [1.29, 1.82) is 0 Å². The number of carbonyl (C=O) groups excluding carboxylic acids is 1. The van der Waals surface area contributed by atoms with E-state index in [0.717, 1.165) is 19.3 Å². The first-order valence-corrected chi connectivity index (χ1v) is 7.74. The van der Waals surface area contributed by atoms with Crippen LogP contribution >= 0.6 is 23.2 Å². The van der Waals surface area contributed by atoms with Crippen LogP contribution in [-0.2, 0) is 9.73 Å². The summed E-state index contributed by atoms with van der Waals surface area (Å²) in [5.41, 5.74) is 0.205. The minimum atomic E-state index is -0.393. The Morgan fingerprint density at radius 3 is 2.05 bits per heavy atom. The number of rotatable bonds is 2. The highest BCUT2D eigenvalue weighted by atomic mass is 35.5. The van der Waals surface area contributed by atoms with Gasteiger partial charge in [-0.25, -0.2) is 0 Å². The summed E-state index contributed by atoms with van der Waals surface area (Å²) in [6.07, 6.45) is 6.14. The van der Waals surface area contributed by atoms with E-state index in [4.69, 9.17) is 28.1 Å². The maximum atomic E-state index is 11.5. The third-order valence-corrected chi connectivity index (χ3v) is 4.45. The van der Waals surface area contributed by atoms with Crippen molar-refractivity contribution in [3.63, 3.8) is 0 Å². The molecule has 0 saturated carbocycles. The molecule has 0 aromatic carbocycles. The molecule has 0 aromatic rings. The molecule has 116 valence electrons. The fourth-order valence-corrected chi connectivity index (χ4v) is 3.36. The zero-order valence-electron chi connectivity index (χ0n) is 12.7. The molecule has 2 aliphatic rings. The molecule has 1 aliphatic heterocycles. The minimum absolute atomic E-state index is 0.0435. The summed E-state index contributed by atoms with van der Waals surface area (Å²) >= 11 is 11.7. The van der Waals surface area contributed by atoms with E-state index in [1.165, 1.54) is 12.2 Å². The average Bonchev–Trinajstić information content (AvgIpc) is 2.33. The first-order chi connectivity index (χ1) is 9.63. The van der Waals surface area contributed by atoms with E-state index in [2.05, 4.69) is 32.9 Å². The van der Waals surface area contributed by atoms with Crippen molar-refractivity contribution < 1.29 is 9.73 Å². The Labute approximate surface area is 135 Å². The van der Waals surface area contributed by atoms with E-state index in [1.807, 2.05) is 5.06 Å². The monoisotopic (exact) mass is 330 g/mol. The summed E-state index contributed by atoms with van der Waals surface area (Å²) in [6.45, 7) is 8.52. The van der Waals surface area contributed by atoms with Gasteiger partial charge in [0, 0.05) is 0 Å². The highest BCUT2D eigenvalue weighted by Gasteiger charge is 2.44. The second-order valence-electron chi connectivity index (χ2n) is 6.68. The normalized spacial score (nSPS) is 25.2. The fourth-order valence-electron chi connectivity index (χ4n) is 2.88. The van der Waals surface area contributed by atoms with Gasteiger partial charge in [-0.2, -0.15) is 0 Å². The number of ketones is 1. The summed E-state index contributed by atoms with van der Waals surface area (Å²) in [5.74, 6) is -0.393. The Morgan fingerprint density at radius 2 is 1.57 bits per heavy atom. The summed E-state index contributed by atoms with van der Waals surface area (Å²) in [5, 5.41) is 6.10. The number of hydroxylamine groups is 2. The molecule has 0 radical (unpaired) electrons. The zero-order chi connectivity index (χ0) is 15.8. The van der Waals surface area contributed by atoms with Crippen LogP contribution in [0.15, 0.2) is 27.4 Å². The second kappa shape index (κ2) is 5.75. The average molecular weight is 331 g/mol. The molecule has 0 bridgehead atoms. The van der Waals surface area contributed by atoms with Crippen molar-refractivity contribution in [1.82, 2.24) is 5.06 Å². The van der Waals surface area contributed by atoms with Crippen LogP contribution in [0.3, 0.4) is 0 Å². The first-order valence-electron chi connectivity index (χ1n) is 6.98. The molecule has 1 aliphatic carbocycles. The standard InChI is InChI=1S/C15H20Cl2N2O2/c1-14(2)6-5-7-15(3,4)19(14)21-18-10-8-11(16)13(20)12(17)9-10/h8-9H,5-7H2,1-4H3. The predicted molar refractivity (Wildman–Crippen MR) is 85.2 cm³/mol. The van der Waals surface area contributed by atoms with E-state index in [0.29, 0.717) is 5.71 Å². The van der Waals surface area contributed by atoms with Gasteiger partial charge in [0.05, 0.1) is 21.1 Å².